The maximum absolute atomic E-state index is 10.6. The Hall–Kier alpha value is -3.67. The van der Waals surface area contributed by atoms with Gasteiger partial charge in [-0.3, -0.25) is 9.48 Å². The number of likely N-dealkylation sites (N-methyl/N-ethyl adjacent to an activating group) is 1. The quantitative estimate of drug-likeness (QED) is 0.403. The van der Waals surface area contributed by atoms with Crippen LogP contribution in [-0.2, 0) is 16.1 Å². The molecule has 182 valence electrons. The second kappa shape index (κ2) is 11.6. The van der Waals surface area contributed by atoms with Gasteiger partial charge in [-0.05, 0) is 12.5 Å². The number of benzene rings is 1. The summed E-state index contributed by atoms with van der Waals surface area (Å²) in [7, 11) is 3.36. The molecule has 0 spiro atoms. The van der Waals surface area contributed by atoms with E-state index in [-0.39, 0.29) is 5.91 Å². The molecule has 0 bridgehead atoms. The van der Waals surface area contributed by atoms with E-state index in [0.29, 0.717) is 32.1 Å². The number of aliphatic hydroxyl groups excluding tert-OH is 1. The van der Waals surface area contributed by atoms with Crippen molar-refractivity contribution >= 4 is 28.9 Å². The van der Waals surface area contributed by atoms with Gasteiger partial charge < -0.3 is 20.1 Å². The highest BCUT2D eigenvalue weighted by Crippen LogP contribution is 2.28. The van der Waals surface area contributed by atoms with Crippen molar-refractivity contribution in [2.24, 2.45) is 0 Å². The summed E-state index contributed by atoms with van der Waals surface area (Å²) in [5, 5.41) is 19.1. The summed E-state index contributed by atoms with van der Waals surface area (Å²) >= 11 is 1.57. The molecule has 0 aliphatic carbocycles. The van der Waals surface area contributed by atoms with Crippen LogP contribution in [0.1, 0.15) is 6.42 Å². The van der Waals surface area contributed by atoms with E-state index in [1.807, 2.05) is 52.7 Å². The number of carbonyl (C=O) groups excluding carboxylic acids is 1. The maximum Gasteiger partial charge on any atom is 0.251 e. The van der Waals surface area contributed by atoms with Gasteiger partial charge in [-0.25, -0.2) is 15.0 Å². The second-order valence-corrected chi connectivity index (χ2v) is 8.70. The van der Waals surface area contributed by atoms with Crippen LogP contribution in [0.3, 0.4) is 0 Å². The second-order valence-electron chi connectivity index (χ2n) is 7.84. The zero-order chi connectivity index (χ0) is 24.6. The van der Waals surface area contributed by atoms with Crippen molar-refractivity contribution < 1.29 is 14.6 Å². The molecule has 1 atom stereocenters. The van der Waals surface area contributed by atoms with Crippen molar-refractivity contribution in [2.75, 3.05) is 32.6 Å². The number of amides is 1. The van der Waals surface area contributed by atoms with Crippen molar-refractivity contribution in [3.63, 3.8) is 0 Å². The summed E-state index contributed by atoms with van der Waals surface area (Å²) in [6, 6.07) is 12.0. The Morgan fingerprint density at radius 1 is 1.20 bits per heavy atom. The molecule has 3 aromatic heterocycles. The van der Waals surface area contributed by atoms with Gasteiger partial charge in [0.2, 0.25) is 5.95 Å². The number of aliphatic hydroxyl groups is 1. The van der Waals surface area contributed by atoms with Gasteiger partial charge in [0.1, 0.15) is 16.8 Å². The van der Waals surface area contributed by atoms with E-state index in [1.165, 1.54) is 4.90 Å². The Morgan fingerprint density at radius 3 is 2.71 bits per heavy atom. The smallest absolute Gasteiger partial charge is 0.251 e. The van der Waals surface area contributed by atoms with Gasteiger partial charge in [0.25, 0.3) is 5.91 Å². The van der Waals surface area contributed by atoms with E-state index in [0.717, 1.165) is 27.6 Å². The largest absolute Gasteiger partial charge is 0.383 e. The maximum atomic E-state index is 10.6. The lowest BCUT2D eigenvalue weighted by atomic mass is 10.2. The van der Waals surface area contributed by atoms with Crippen LogP contribution in [0.15, 0.2) is 60.4 Å². The van der Waals surface area contributed by atoms with Gasteiger partial charge in [-0.1, -0.05) is 30.3 Å². The predicted molar refractivity (Wildman–Crippen MR) is 134 cm³/mol. The zero-order valence-corrected chi connectivity index (χ0v) is 20.4. The van der Waals surface area contributed by atoms with E-state index < -0.39 is 6.10 Å². The normalized spacial score (nSPS) is 15.1. The molecule has 5 rings (SSSR count). The Labute approximate surface area is 207 Å². The Morgan fingerprint density at radius 2 is 2.03 bits per heavy atom. The Bertz CT molecular complexity index is 1230. The molecule has 1 aromatic carbocycles. The highest BCUT2D eigenvalue weighted by Gasteiger charge is 2.26. The fourth-order valence-corrected chi connectivity index (χ4v) is 4.14. The molecule has 35 heavy (non-hydrogen) atoms. The number of carbonyl (C=O) groups is 1. The first-order valence-electron chi connectivity index (χ1n) is 11.1. The molecule has 1 aliphatic rings. The van der Waals surface area contributed by atoms with E-state index in [2.05, 4.69) is 20.4 Å². The molecule has 0 radical (unpaired) electrons. The molecule has 1 fully saturated rings. The molecule has 1 saturated heterocycles. The fourth-order valence-electron chi connectivity index (χ4n) is 3.34. The van der Waals surface area contributed by atoms with Crippen LogP contribution < -0.4 is 5.32 Å². The van der Waals surface area contributed by atoms with Crippen molar-refractivity contribution in [2.45, 2.75) is 19.1 Å². The number of rotatable bonds is 7. The van der Waals surface area contributed by atoms with Crippen molar-refractivity contribution in [3.05, 3.63) is 60.4 Å². The summed E-state index contributed by atoms with van der Waals surface area (Å²) in [4.78, 5) is 25.7. The molecule has 4 heterocycles. The number of nitrogens with zero attached hydrogens (tertiary/aromatic N) is 6. The predicted octanol–water partition coefficient (Wildman–Crippen LogP) is 3.06. The van der Waals surface area contributed by atoms with E-state index in [9.17, 15) is 4.79 Å². The molecule has 0 saturated carbocycles. The SMILES string of the molecule is CN1CCC(O)C1=O.COCCn1cc(Nc2nccc(-c3nc(-c4ccccc4)cs3)n2)cn1. The Kier molecular flexibility index (Phi) is 8.14. The average Bonchev–Trinajstić information content (AvgIpc) is 3.62. The van der Waals surface area contributed by atoms with Gasteiger partial charge in [0.15, 0.2) is 0 Å². The number of nitrogens with one attached hydrogen (secondary N) is 1. The van der Waals surface area contributed by atoms with E-state index >= 15 is 0 Å². The fraction of sp³-hybridized carbons (Fsp3) is 0.292. The van der Waals surface area contributed by atoms with Crippen molar-refractivity contribution in [1.29, 1.82) is 0 Å². The number of anilines is 2. The number of hydrogen-bond acceptors (Lipinski definition) is 9. The summed E-state index contributed by atoms with van der Waals surface area (Å²) in [5.74, 6) is 0.361. The summed E-state index contributed by atoms with van der Waals surface area (Å²) in [5.41, 5.74) is 3.65. The summed E-state index contributed by atoms with van der Waals surface area (Å²) in [6.07, 6.45) is 5.23. The molecule has 1 unspecified atom stereocenters. The first kappa shape index (κ1) is 24.5. The first-order chi connectivity index (χ1) is 17.0. The Balaban J connectivity index is 0.000000308. The highest BCUT2D eigenvalue weighted by molar-refractivity contribution is 7.13. The minimum Gasteiger partial charge on any atom is -0.383 e. The van der Waals surface area contributed by atoms with Gasteiger partial charge >= 0.3 is 0 Å². The number of hydrogen-bond donors (Lipinski definition) is 2. The molecule has 1 amide bonds. The first-order valence-corrected chi connectivity index (χ1v) is 12.0. The highest BCUT2D eigenvalue weighted by atomic mass is 32.1. The standard InChI is InChI=1S/C19H18N6OS.C5H9NO2/c1-26-10-9-25-12-15(11-21-25)22-19-20-8-7-16(24-19)18-23-17(13-27-18)14-5-3-2-4-6-14;1-6-3-2-4(7)5(6)8/h2-8,11-13H,9-10H2,1H3,(H,20,22,24);4,7H,2-3H2,1H3. The van der Waals surface area contributed by atoms with Crippen LogP contribution in [-0.4, -0.2) is 74.1 Å². The third kappa shape index (κ3) is 6.47. The topological polar surface area (TPSA) is 118 Å². The lowest BCUT2D eigenvalue weighted by Crippen LogP contribution is -2.24. The van der Waals surface area contributed by atoms with Crippen LogP contribution in [0.4, 0.5) is 11.6 Å². The molecule has 10 nitrogen and oxygen atoms in total. The van der Waals surface area contributed by atoms with Crippen LogP contribution in [0.2, 0.25) is 0 Å². The molecule has 1 aliphatic heterocycles. The third-order valence-electron chi connectivity index (χ3n) is 5.26. The van der Waals surface area contributed by atoms with Gasteiger partial charge in [-0.15, -0.1) is 11.3 Å². The van der Waals surface area contributed by atoms with E-state index in [1.54, 1.807) is 37.9 Å². The molecule has 2 N–H and O–H groups in total. The molecule has 4 aromatic rings. The number of thiazole rings is 1. The third-order valence-corrected chi connectivity index (χ3v) is 6.13. The van der Waals surface area contributed by atoms with Crippen LogP contribution in [0.5, 0.6) is 0 Å². The summed E-state index contributed by atoms with van der Waals surface area (Å²) < 4.78 is 6.87. The number of methoxy groups -OCH3 is 1. The lowest BCUT2D eigenvalue weighted by molar-refractivity contribution is -0.133. The minimum atomic E-state index is -0.722. The van der Waals surface area contributed by atoms with Gasteiger partial charge in [0, 0.05) is 44.0 Å². The minimum absolute atomic E-state index is 0.148. The molecular formula is C24H27N7O3S. The van der Waals surface area contributed by atoms with Crippen LogP contribution in [0.25, 0.3) is 22.0 Å². The molecular weight excluding hydrogens is 466 g/mol. The number of aromatic nitrogens is 5. The lowest BCUT2D eigenvalue weighted by Gasteiger charge is -2.04. The average molecular weight is 494 g/mol. The van der Waals surface area contributed by atoms with Crippen molar-refractivity contribution in [1.82, 2.24) is 29.6 Å². The zero-order valence-electron chi connectivity index (χ0n) is 19.5. The van der Waals surface area contributed by atoms with Crippen LogP contribution in [0, 0.1) is 0 Å². The van der Waals surface area contributed by atoms with Gasteiger partial charge in [0.05, 0.1) is 30.7 Å². The summed E-state index contributed by atoms with van der Waals surface area (Å²) in [6.45, 7) is 2.00. The van der Waals surface area contributed by atoms with Gasteiger partial charge in [-0.2, -0.15) is 5.10 Å². The molecule has 11 heteroatoms. The van der Waals surface area contributed by atoms with Crippen molar-refractivity contribution in [3.8, 4) is 22.0 Å². The number of likely N-dealkylation sites (tertiary alicyclic amines) is 1. The number of ether oxygens (including phenoxy) is 1. The van der Waals surface area contributed by atoms with E-state index in [4.69, 9.17) is 14.8 Å². The van der Waals surface area contributed by atoms with Crippen LogP contribution >= 0.6 is 11.3 Å². The monoisotopic (exact) mass is 493 g/mol.